The molecule has 1 aromatic rings. The predicted molar refractivity (Wildman–Crippen MR) is 66.2 cm³/mol. The average molecular weight is 237 g/mol. The van der Waals surface area contributed by atoms with Crippen LogP contribution in [0, 0.1) is 5.82 Å². The molecule has 0 spiro atoms. The fraction of sp³-hybridized carbons (Fsp3) is 0.571. The molecule has 17 heavy (non-hydrogen) atoms. The molecule has 1 aliphatic rings. The lowest BCUT2D eigenvalue weighted by molar-refractivity contribution is -0.00490. The summed E-state index contributed by atoms with van der Waals surface area (Å²) in [6, 6.07) is 6.31. The fourth-order valence-electron chi connectivity index (χ4n) is 2.94. The second kappa shape index (κ2) is 4.75. The second-order valence-corrected chi connectivity index (χ2v) is 5.16. The molecule has 0 aromatic heterocycles. The topological polar surface area (TPSA) is 23.5 Å². The molecule has 1 saturated carbocycles. The number of likely N-dealkylation sites (N-methyl/N-ethyl adjacent to an activating group) is 1. The number of benzene rings is 1. The number of rotatable bonds is 3. The van der Waals surface area contributed by atoms with Gasteiger partial charge >= 0.3 is 0 Å². The summed E-state index contributed by atoms with van der Waals surface area (Å²) < 4.78 is 13.2. The van der Waals surface area contributed by atoms with Crippen LogP contribution in [0.2, 0.25) is 0 Å². The summed E-state index contributed by atoms with van der Waals surface area (Å²) in [7, 11) is 3.99. The largest absolute Gasteiger partial charge is 0.386 e. The van der Waals surface area contributed by atoms with Crippen LogP contribution in [0.3, 0.4) is 0 Å². The van der Waals surface area contributed by atoms with Gasteiger partial charge in [0.15, 0.2) is 0 Å². The minimum Gasteiger partial charge on any atom is -0.386 e. The Bertz CT molecular complexity index is 386. The van der Waals surface area contributed by atoms with Gasteiger partial charge < -0.3 is 10.0 Å². The van der Waals surface area contributed by atoms with Crippen LogP contribution in [0.1, 0.15) is 37.4 Å². The Labute approximate surface area is 102 Å². The highest BCUT2D eigenvalue weighted by Crippen LogP contribution is 2.43. The average Bonchev–Trinajstić information content (AvgIpc) is 2.78. The first-order valence-electron chi connectivity index (χ1n) is 6.17. The molecule has 0 amide bonds. The van der Waals surface area contributed by atoms with Gasteiger partial charge in [0.25, 0.3) is 0 Å². The first kappa shape index (κ1) is 12.5. The number of aliphatic hydroxyl groups excluding tert-OH is 1. The Morgan fingerprint density at radius 2 is 1.94 bits per heavy atom. The summed E-state index contributed by atoms with van der Waals surface area (Å²) in [5, 5.41) is 10.6. The summed E-state index contributed by atoms with van der Waals surface area (Å²) in [6.07, 6.45) is 3.58. The van der Waals surface area contributed by atoms with Crippen molar-refractivity contribution in [3.05, 3.63) is 35.6 Å². The maximum atomic E-state index is 13.2. The van der Waals surface area contributed by atoms with Crippen LogP contribution >= 0.6 is 0 Å². The Kier molecular flexibility index (Phi) is 3.50. The normalized spacial score (nSPS) is 20.8. The van der Waals surface area contributed by atoms with E-state index in [0.717, 1.165) is 25.7 Å². The van der Waals surface area contributed by atoms with Crippen molar-refractivity contribution in [2.75, 3.05) is 14.1 Å². The fourth-order valence-corrected chi connectivity index (χ4v) is 2.94. The van der Waals surface area contributed by atoms with Crippen molar-refractivity contribution < 1.29 is 9.50 Å². The number of hydrogen-bond acceptors (Lipinski definition) is 2. The van der Waals surface area contributed by atoms with Gasteiger partial charge in [0.2, 0.25) is 0 Å². The van der Waals surface area contributed by atoms with Crippen molar-refractivity contribution in [2.24, 2.45) is 0 Å². The third-order valence-electron chi connectivity index (χ3n) is 4.03. The molecule has 0 bridgehead atoms. The van der Waals surface area contributed by atoms with Crippen molar-refractivity contribution >= 4 is 0 Å². The lowest BCUT2D eigenvalue weighted by Crippen LogP contribution is -2.47. The minimum atomic E-state index is -0.615. The van der Waals surface area contributed by atoms with E-state index in [9.17, 15) is 9.50 Å². The van der Waals surface area contributed by atoms with E-state index < -0.39 is 6.10 Å². The van der Waals surface area contributed by atoms with Gasteiger partial charge in [-0.15, -0.1) is 0 Å². The zero-order chi connectivity index (χ0) is 12.5. The van der Waals surface area contributed by atoms with Gasteiger partial charge in [0.1, 0.15) is 5.82 Å². The van der Waals surface area contributed by atoms with E-state index in [4.69, 9.17) is 0 Å². The molecule has 0 saturated heterocycles. The van der Waals surface area contributed by atoms with Crippen LogP contribution < -0.4 is 0 Å². The van der Waals surface area contributed by atoms with Crippen molar-refractivity contribution in [1.29, 1.82) is 0 Å². The quantitative estimate of drug-likeness (QED) is 0.873. The lowest BCUT2D eigenvalue weighted by Gasteiger charge is -2.40. The van der Waals surface area contributed by atoms with Crippen molar-refractivity contribution in [3.8, 4) is 0 Å². The molecule has 1 fully saturated rings. The number of hydrogen-bond donors (Lipinski definition) is 1. The zero-order valence-electron chi connectivity index (χ0n) is 10.5. The summed E-state index contributed by atoms with van der Waals surface area (Å²) in [5.41, 5.74) is 0.453. The van der Waals surface area contributed by atoms with Gasteiger partial charge in [-0.2, -0.15) is 0 Å². The van der Waals surface area contributed by atoms with E-state index in [0.29, 0.717) is 5.56 Å². The van der Waals surface area contributed by atoms with Crippen LogP contribution in [0.5, 0.6) is 0 Å². The zero-order valence-corrected chi connectivity index (χ0v) is 10.5. The van der Waals surface area contributed by atoms with E-state index in [1.807, 2.05) is 14.1 Å². The van der Waals surface area contributed by atoms with Gasteiger partial charge in [0, 0.05) is 0 Å². The maximum absolute atomic E-state index is 13.2. The van der Waals surface area contributed by atoms with Crippen molar-refractivity contribution in [2.45, 2.75) is 37.3 Å². The predicted octanol–water partition coefficient (Wildman–Crippen LogP) is 2.73. The molecule has 0 heterocycles. The van der Waals surface area contributed by atoms with Gasteiger partial charge in [0.05, 0.1) is 11.6 Å². The van der Waals surface area contributed by atoms with E-state index >= 15 is 0 Å². The maximum Gasteiger partial charge on any atom is 0.123 e. The van der Waals surface area contributed by atoms with E-state index in [1.165, 1.54) is 12.1 Å². The molecule has 3 heteroatoms. The first-order valence-corrected chi connectivity index (χ1v) is 6.17. The monoisotopic (exact) mass is 237 g/mol. The van der Waals surface area contributed by atoms with Crippen LogP contribution in [0.25, 0.3) is 0 Å². The summed E-state index contributed by atoms with van der Waals surface area (Å²) in [6.45, 7) is 0. The minimum absolute atomic E-state index is 0.228. The third-order valence-corrected chi connectivity index (χ3v) is 4.03. The Morgan fingerprint density at radius 1 is 1.29 bits per heavy atom. The molecule has 1 unspecified atom stereocenters. The highest BCUT2D eigenvalue weighted by Gasteiger charge is 2.43. The molecular formula is C14H20FNO. The lowest BCUT2D eigenvalue weighted by atomic mass is 9.85. The Hall–Kier alpha value is -0.930. The molecule has 2 rings (SSSR count). The smallest absolute Gasteiger partial charge is 0.123 e. The second-order valence-electron chi connectivity index (χ2n) is 5.16. The third kappa shape index (κ3) is 2.22. The molecule has 94 valence electrons. The molecule has 1 aromatic carbocycles. The SMILES string of the molecule is CN(C)C1(C(O)c2cccc(F)c2)CCCC1. The summed E-state index contributed by atoms with van der Waals surface area (Å²) >= 11 is 0. The first-order chi connectivity index (χ1) is 8.06. The van der Waals surface area contributed by atoms with Gasteiger partial charge in [-0.05, 0) is 44.6 Å². The van der Waals surface area contributed by atoms with Crippen molar-refractivity contribution in [1.82, 2.24) is 4.90 Å². The summed E-state index contributed by atoms with van der Waals surface area (Å²) in [4.78, 5) is 2.09. The molecule has 0 radical (unpaired) electrons. The van der Waals surface area contributed by atoms with Crippen molar-refractivity contribution in [3.63, 3.8) is 0 Å². The Morgan fingerprint density at radius 3 is 2.47 bits per heavy atom. The molecule has 0 aliphatic heterocycles. The van der Waals surface area contributed by atoms with Gasteiger partial charge in [-0.3, -0.25) is 0 Å². The molecule has 1 N–H and O–H groups in total. The number of halogens is 1. The Balaban J connectivity index is 2.31. The van der Waals surface area contributed by atoms with E-state index in [1.54, 1.807) is 12.1 Å². The molecule has 2 nitrogen and oxygen atoms in total. The van der Waals surface area contributed by atoms with Crippen LogP contribution in [0.4, 0.5) is 4.39 Å². The highest BCUT2D eigenvalue weighted by atomic mass is 19.1. The molecular weight excluding hydrogens is 217 g/mol. The van der Waals surface area contributed by atoms with E-state index in [-0.39, 0.29) is 11.4 Å². The molecule has 1 atom stereocenters. The standard InChI is InChI=1S/C14H20FNO/c1-16(2)14(8-3-4-9-14)13(17)11-6-5-7-12(15)10-11/h5-7,10,13,17H,3-4,8-9H2,1-2H3. The van der Waals surface area contributed by atoms with E-state index in [2.05, 4.69) is 4.90 Å². The number of aliphatic hydroxyl groups is 1. The molecule has 1 aliphatic carbocycles. The highest BCUT2D eigenvalue weighted by molar-refractivity contribution is 5.23. The number of nitrogens with zero attached hydrogens (tertiary/aromatic N) is 1. The van der Waals surface area contributed by atoms with Crippen LogP contribution in [0.15, 0.2) is 24.3 Å². The van der Waals surface area contributed by atoms with Gasteiger partial charge in [-0.1, -0.05) is 25.0 Å². The van der Waals surface area contributed by atoms with Gasteiger partial charge in [-0.25, -0.2) is 4.39 Å². The van der Waals surface area contributed by atoms with Crippen LogP contribution in [-0.2, 0) is 0 Å². The van der Waals surface area contributed by atoms with Crippen LogP contribution in [-0.4, -0.2) is 29.6 Å². The summed E-state index contributed by atoms with van der Waals surface area (Å²) in [5.74, 6) is -0.284.